The molecule has 1 saturated heterocycles. The van der Waals surface area contributed by atoms with Crippen molar-refractivity contribution in [2.75, 3.05) is 13.1 Å². The maximum absolute atomic E-state index is 12.4. The van der Waals surface area contributed by atoms with Crippen LogP contribution in [0.25, 0.3) is 0 Å². The van der Waals surface area contributed by atoms with E-state index >= 15 is 0 Å². The maximum Gasteiger partial charge on any atom is 0.284 e. The van der Waals surface area contributed by atoms with Gasteiger partial charge in [0.05, 0.1) is 21.6 Å². The van der Waals surface area contributed by atoms with Crippen LogP contribution in [0.2, 0.25) is 0 Å². The Morgan fingerprint density at radius 3 is 2.55 bits per heavy atom. The van der Waals surface area contributed by atoms with Gasteiger partial charge in [0.2, 0.25) is 0 Å². The van der Waals surface area contributed by atoms with E-state index in [0.29, 0.717) is 23.1 Å². The summed E-state index contributed by atoms with van der Waals surface area (Å²) in [6.07, 6.45) is -0.0683. The van der Waals surface area contributed by atoms with Crippen molar-refractivity contribution in [3.05, 3.63) is 38.3 Å². The monoisotopic (exact) mass is 342 g/mol. The molecule has 1 aromatic carbocycles. The van der Waals surface area contributed by atoms with Gasteiger partial charge in [-0.25, -0.2) is 0 Å². The Balaban J connectivity index is 2.25. The predicted octanol–water partition coefficient (Wildman–Crippen LogP) is 2.61. The maximum atomic E-state index is 12.4. The van der Waals surface area contributed by atoms with Crippen molar-refractivity contribution in [2.24, 2.45) is 0 Å². The lowest BCUT2D eigenvalue weighted by atomic mass is 10.1. The number of benzene rings is 1. The molecule has 108 valence electrons. The molecule has 20 heavy (non-hydrogen) atoms. The normalized spacial score (nSPS) is 22.6. The van der Waals surface area contributed by atoms with Crippen LogP contribution < -0.4 is 0 Å². The second-order valence-corrected chi connectivity index (χ2v) is 5.75. The van der Waals surface area contributed by atoms with Gasteiger partial charge in [-0.1, -0.05) is 0 Å². The summed E-state index contributed by atoms with van der Waals surface area (Å²) in [6, 6.07) is 4.42. The third-order valence-corrected chi connectivity index (χ3v) is 3.77. The molecule has 1 amide bonds. The van der Waals surface area contributed by atoms with Gasteiger partial charge in [0.1, 0.15) is 0 Å². The van der Waals surface area contributed by atoms with Crippen LogP contribution in [0.1, 0.15) is 24.2 Å². The number of nitro benzene ring substituents is 1. The lowest BCUT2D eigenvalue weighted by Gasteiger charge is -2.35. The number of morpholine rings is 1. The zero-order valence-corrected chi connectivity index (χ0v) is 12.8. The molecule has 0 N–H and O–H groups in total. The number of halogens is 1. The number of amides is 1. The van der Waals surface area contributed by atoms with Crippen LogP contribution in [-0.4, -0.2) is 41.0 Å². The summed E-state index contributed by atoms with van der Waals surface area (Å²) in [5.41, 5.74) is 0.214. The number of nitrogens with zero attached hydrogens (tertiary/aromatic N) is 2. The van der Waals surface area contributed by atoms with Crippen LogP contribution in [0, 0.1) is 10.1 Å². The molecule has 0 saturated carbocycles. The van der Waals surface area contributed by atoms with Crippen LogP contribution >= 0.6 is 15.9 Å². The molecule has 1 heterocycles. The van der Waals surface area contributed by atoms with Crippen LogP contribution in [0.3, 0.4) is 0 Å². The van der Waals surface area contributed by atoms with Crippen LogP contribution in [0.5, 0.6) is 0 Å². The smallest absolute Gasteiger partial charge is 0.284 e. The van der Waals surface area contributed by atoms with Crippen LogP contribution in [0.15, 0.2) is 22.7 Å². The van der Waals surface area contributed by atoms with E-state index in [4.69, 9.17) is 4.74 Å². The van der Waals surface area contributed by atoms with Crippen molar-refractivity contribution in [1.29, 1.82) is 0 Å². The number of ether oxygens (including phenoxy) is 1. The fourth-order valence-electron chi connectivity index (χ4n) is 2.31. The van der Waals surface area contributed by atoms with Crippen molar-refractivity contribution < 1.29 is 14.5 Å². The summed E-state index contributed by atoms with van der Waals surface area (Å²) in [6.45, 7) is 4.79. The Morgan fingerprint density at radius 1 is 1.40 bits per heavy atom. The second kappa shape index (κ2) is 5.88. The molecular weight excluding hydrogens is 328 g/mol. The molecule has 0 bridgehead atoms. The Hall–Kier alpha value is -1.47. The summed E-state index contributed by atoms with van der Waals surface area (Å²) in [5, 5.41) is 10.9. The molecule has 1 fully saturated rings. The third kappa shape index (κ3) is 3.16. The molecule has 1 aromatic rings. The highest BCUT2D eigenvalue weighted by Gasteiger charge is 2.27. The Kier molecular flexibility index (Phi) is 4.39. The molecule has 6 nitrogen and oxygen atoms in total. The quantitative estimate of drug-likeness (QED) is 0.611. The van der Waals surface area contributed by atoms with Crippen molar-refractivity contribution in [1.82, 2.24) is 4.90 Å². The largest absolute Gasteiger partial charge is 0.372 e. The zero-order chi connectivity index (χ0) is 14.9. The van der Waals surface area contributed by atoms with E-state index in [2.05, 4.69) is 15.9 Å². The number of nitro groups is 1. The van der Waals surface area contributed by atoms with Crippen molar-refractivity contribution in [3.8, 4) is 0 Å². The molecule has 0 spiro atoms. The first kappa shape index (κ1) is 14.9. The van der Waals surface area contributed by atoms with Gasteiger partial charge in [-0.15, -0.1) is 0 Å². The van der Waals surface area contributed by atoms with Crippen molar-refractivity contribution in [2.45, 2.75) is 26.1 Å². The minimum absolute atomic E-state index is 0.0341. The van der Waals surface area contributed by atoms with Gasteiger partial charge in [-0.3, -0.25) is 14.9 Å². The van der Waals surface area contributed by atoms with Crippen LogP contribution in [-0.2, 0) is 4.74 Å². The second-order valence-electron chi connectivity index (χ2n) is 4.89. The first-order valence-corrected chi connectivity index (χ1v) is 7.06. The first-order valence-electron chi connectivity index (χ1n) is 6.27. The van der Waals surface area contributed by atoms with Gasteiger partial charge < -0.3 is 9.64 Å². The molecular formula is C13H15BrN2O4. The topological polar surface area (TPSA) is 72.7 Å². The molecule has 2 atom stereocenters. The fraction of sp³-hybridized carbons (Fsp3) is 0.462. The van der Waals surface area contributed by atoms with E-state index in [-0.39, 0.29) is 23.8 Å². The minimum Gasteiger partial charge on any atom is -0.372 e. The molecule has 1 aliphatic rings. The number of hydrogen-bond donors (Lipinski definition) is 0. The van der Waals surface area contributed by atoms with E-state index < -0.39 is 4.92 Å². The average molecular weight is 343 g/mol. The predicted molar refractivity (Wildman–Crippen MR) is 76.7 cm³/mol. The number of carbonyl (C=O) groups is 1. The lowest BCUT2D eigenvalue weighted by molar-refractivity contribution is -0.385. The minimum atomic E-state index is -0.509. The molecule has 2 rings (SSSR count). The third-order valence-electron chi connectivity index (χ3n) is 3.10. The fourth-order valence-corrected chi connectivity index (χ4v) is 2.70. The number of carbonyl (C=O) groups excluding carboxylic acids is 1. The van der Waals surface area contributed by atoms with Gasteiger partial charge in [-0.05, 0) is 41.9 Å². The van der Waals surface area contributed by atoms with Gasteiger partial charge in [0.25, 0.3) is 11.6 Å². The van der Waals surface area contributed by atoms with Gasteiger partial charge >= 0.3 is 0 Å². The molecule has 0 radical (unpaired) electrons. The Labute approximate surface area is 125 Å². The highest BCUT2D eigenvalue weighted by Crippen LogP contribution is 2.26. The van der Waals surface area contributed by atoms with Gasteiger partial charge in [0, 0.05) is 24.7 Å². The molecule has 0 aromatic heterocycles. The van der Waals surface area contributed by atoms with E-state index in [0.717, 1.165) is 0 Å². The lowest BCUT2D eigenvalue weighted by Crippen LogP contribution is -2.48. The van der Waals surface area contributed by atoms with E-state index in [1.54, 1.807) is 11.0 Å². The average Bonchev–Trinajstić information content (AvgIpc) is 2.37. The number of hydrogen-bond acceptors (Lipinski definition) is 4. The SMILES string of the molecule is CC1CN(C(=O)c2ccc(Br)c([N+](=O)[O-])c2)CC(C)O1. The Bertz CT molecular complexity index is 539. The molecule has 0 aliphatic carbocycles. The summed E-state index contributed by atoms with van der Waals surface area (Å²) < 4.78 is 5.94. The van der Waals surface area contributed by atoms with Crippen molar-refractivity contribution in [3.63, 3.8) is 0 Å². The summed E-state index contributed by atoms with van der Waals surface area (Å²) >= 11 is 3.11. The van der Waals surface area contributed by atoms with Crippen molar-refractivity contribution >= 4 is 27.5 Å². The summed E-state index contributed by atoms with van der Waals surface area (Å²) in [5.74, 6) is -0.206. The van der Waals surface area contributed by atoms with E-state index in [9.17, 15) is 14.9 Å². The highest BCUT2D eigenvalue weighted by atomic mass is 79.9. The summed E-state index contributed by atoms with van der Waals surface area (Å²) in [7, 11) is 0. The van der Waals surface area contributed by atoms with E-state index in [1.165, 1.54) is 12.1 Å². The first-order chi connectivity index (χ1) is 9.38. The number of rotatable bonds is 2. The molecule has 1 aliphatic heterocycles. The van der Waals surface area contributed by atoms with E-state index in [1.807, 2.05) is 13.8 Å². The highest BCUT2D eigenvalue weighted by molar-refractivity contribution is 9.10. The Morgan fingerprint density at radius 2 is 2.00 bits per heavy atom. The van der Waals surface area contributed by atoms with Gasteiger partial charge in [0.15, 0.2) is 0 Å². The molecule has 7 heteroatoms. The van der Waals surface area contributed by atoms with Gasteiger partial charge in [-0.2, -0.15) is 0 Å². The zero-order valence-electron chi connectivity index (χ0n) is 11.2. The van der Waals surface area contributed by atoms with Crippen LogP contribution in [0.4, 0.5) is 5.69 Å². The molecule has 2 unspecified atom stereocenters. The summed E-state index contributed by atoms with van der Waals surface area (Å²) in [4.78, 5) is 24.5. The standard InChI is InChI=1S/C13H15BrN2O4/c1-8-6-15(7-9(2)20-8)13(17)10-3-4-11(14)12(5-10)16(18)19/h3-5,8-9H,6-7H2,1-2H3.